The largest absolute Gasteiger partial charge is 0.479 e. The Morgan fingerprint density at radius 3 is 2.61 bits per heavy atom. The van der Waals surface area contributed by atoms with Gasteiger partial charge in [-0.05, 0) is 67.8 Å². The number of halogens is 1. The van der Waals surface area contributed by atoms with Gasteiger partial charge in [0.15, 0.2) is 6.10 Å². The van der Waals surface area contributed by atoms with Crippen LogP contribution in [0.3, 0.4) is 0 Å². The smallest absolute Gasteiger partial charge is 0.346 e. The number of carbonyl (C=O) groups excluding carboxylic acids is 1. The molecule has 1 aliphatic rings. The molecule has 2 aromatic carbocycles. The number of carbonyl (C=O) groups is 1. The van der Waals surface area contributed by atoms with Gasteiger partial charge in [-0.3, -0.25) is 4.79 Å². The Morgan fingerprint density at radius 2 is 1.91 bits per heavy atom. The Kier molecular flexibility index (Phi) is 7.23. The summed E-state index contributed by atoms with van der Waals surface area (Å²) in [6.07, 6.45) is 6.44. The molecule has 172 valence electrons. The molecule has 7 nitrogen and oxygen atoms in total. The normalized spacial score (nSPS) is 15.6. The molecular weight excluding hydrogens is 486 g/mol. The number of ether oxygens (including phenoxy) is 2. The number of esters is 1. The van der Waals surface area contributed by atoms with Gasteiger partial charge in [-0.25, -0.2) is 9.78 Å². The lowest BCUT2D eigenvalue weighted by atomic mass is 9.88. The molecule has 0 aliphatic heterocycles. The second kappa shape index (κ2) is 10.3. The first-order valence-corrected chi connectivity index (χ1v) is 11.9. The van der Waals surface area contributed by atoms with Gasteiger partial charge < -0.3 is 9.47 Å². The average molecular weight is 512 g/mol. The summed E-state index contributed by atoms with van der Waals surface area (Å²) in [6, 6.07) is 12.7. The van der Waals surface area contributed by atoms with Crippen LogP contribution in [0, 0.1) is 0 Å². The third kappa shape index (κ3) is 5.33. The van der Waals surface area contributed by atoms with Crippen LogP contribution >= 0.6 is 15.9 Å². The van der Waals surface area contributed by atoms with Crippen molar-refractivity contribution in [2.75, 3.05) is 7.11 Å². The number of nitrogens with zero attached hydrogens (tertiary/aromatic N) is 3. The fraction of sp³-hybridized carbons (Fsp3) is 0.360. The fourth-order valence-corrected chi connectivity index (χ4v) is 4.44. The number of hydrogen-bond acceptors (Lipinski definition) is 6. The molecule has 0 spiro atoms. The molecule has 0 N–H and O–H groups in total. The summed E-state index contributed by atoms with van der Waals surface area (Å²) in [7, 11) is 1.33. The SMILES string of the molecule is COC(=O)[C@H](C)Oc1ccc(C=Nn2c(C3CCCCC3)nc3ccc(Br)cc3c2=O)cc1. The first kappa shape index (κ1) is 23.2. The van der Waals surface area contributed by atoms with E-state index in [1.54, 1.807) is 31.3 Å². The summed E-state index contributed by atoms with van der Waals surface area (Å²) < 4.78 is 12.5. The van der Waals surface area contributed by atoms with Crippen molar-refractivity contribution in [1.29, 1.82) is 0 Å². The number of hydrogen-bond donors (Lipinski definition) is 0. The van der Waals surface area contributed by atoms with Crippen molar-refractivity contribution in [3.8, 4) is 5.75 Å². The van der Waals surface area contributed by atoms with Gasteiger partial charge in [-0.2, -0.15) is 9.78 Å². The van der Waals surface area contributed by atoms with Crippen LogP contribution in [0.15, 0.2) is 56.8 Å². The summed E-state index contributed by atoms with van der Waals surface area (Å²) in [5.41, 5.74) is 1.31. The summed E-state index contributed by atoms with van der Waals surface area (Å²) in [4.78, 5) is 29.7. The quantitative estimate of drug-likeness (QED) is 0.342. The Balaban J connectivity index is 1.66. The second-order valence-corrected chi connectivity index (χ2v) is 9.10. The topological polar surface area (TPSA) is 82.8 Å². The maximum Gasteiger partial charge on any atom is 0.346 e. The molecular formula is C25H26BrN3O4. The molecule has 1 atom stereocenters. The molecule has 0 radical (unpaired) electrons. The Labute approximate surface area is 200 Å². The number of rotatable bonds is 6. The predicted octanol–water partition coefficient (Wildman–Crippen LogP) is 5.03. The van der Waals surface area contributed by atoms with Gasteiger partial charge in [0.2, 0.25) is 0 Å². The number of fused-ring (bicyclic) bond motifs is 1. The third-order valence-corrected chi connectivity index (χ3v) is 6.35. The number of aromatic nitrogens is 2. The maximum atomic E-state index is 13.4. The molecule has 1 aromatic heterocycles. The van der Waals surface area contributed by atoms with Crippen molar-refractivity contribution in [1.82, 2.24) is 9.66 Å². The minimum Gasteiger partial charge on any atom is -0.479 e. The van der Waals surface area contributed by atoms with Crippen molar-refractivity contribution >= 4 is 39.0 Å². The van der Waals surface area contributed by atoms with Crippen LogP contribution in [-0.4, -0.2) is 35.1 Å². The summed E-state index contributed by atoms with van der Waals surface area (Å²) in [5.74, 6) is 1.04. The summed E-state index contributed by atoms with van der Waals surface area (Å²) in [6.45, 7) is 1.63. The van der Waals surface area contributed by atoms with Crippen LogP contribution in [-0.2, 0) is 9.53 Å². The van der Waals surface area contributed by atoms with Crippen LogP contribution in [0.1, 0.15) is 56.3 Å². The second-order valence-electron chi connectivity index (χ2n) is 8.18. The van der Waals surface area contributed by atoms with E-state index in [4.69, 9.17) is 9.72 Å². The van der Waals surface area contributed by atoms with E-state index in [9.17, 15) is 9.59 Å². The Morgan fingerprint density at radius 1 is 1.18 bits per heavy atom. The van der Waals surface area contributed by atoms with Crippen LogP contribution in [0.25, 0.3) is 10.9 Å². The zero-order chi connectivity index (χ0) is 23.4. The van der Waals surface area contributed by atoms with Gasteiger partial charge in [-0.1, -0.05) is 35.2 Å². The van der Waals surface area contributed by atoms with Crippen molar-refractivity contribution in [3.63, 3.8) is 0 Å². The molecule has 0 unspecified atom stereocenters. The zero-order valence-electron chi connectivity index (χ0n) is 18.7. The van der Waals surface area contributed by atoms with E-state index < -0.39 is 12.1 Å². The molecule has 1 heterocycles. The third-order valence-electron chi connectivity index (χ3n) is 5.85. The number of methoxy groups -OCH3 is 1. The monoisotopic (exact) mass is 511 g/mol. The van der Waals surface area contributed by atoms with Gasteiger partial charge in [0.05, 0.1) is 24.2 Å². The molecule has 3 aromatic rings. The molecule has 1 fully saturated rings. The molecule has 1 aliphatic carbocycles. The molecule has 4 rings (SSSR count). The molecule has 0 bridgehead atoms. The fourth-order valence-electron chi connectivity index (χ4n) is 4.08. The van der Waals surface area contributed by atoms with E-state index in [0.717, 1.165) is 41.5 Å². The Bertz CT molecular complexity index is 1230. The summed E-state index contributed by atoms with van der Waals surface area (Å²) >= 11 is 3.44. The highest BCUT2D eigenvalue weighted by atomic mass is 79.9. The van der Waals surface area contributed by atoms with Crippen molar-refractivity contribution in [2.24, 2.45) is 5.10 Å². The first-order chi connectivity index (χ1) is 16.0. The highest BCUT2D eigenvalue weighted by Gasteiger charge is 2.22. The van der Waals surface area contributed by atoms with Gasteiger partial charge in [0.25, 0.3) is 5.56 Å². The minimum atomic E-state index is -0.700. The van der Waals surface area contributed by atoms with Crippen LogP contribution < -0.4 is 10.3 Å². The van der Waals surface area contributed by atoms with Crippen LogP contribution in [0.5, 0.6) is 5.75 Å². The average Bonchev–Trinajstić information content (AvgIpc) is 2.84. The molecule has 1 saturated carbocycles. The van der Waals surface area contributed by atoms with Crippen LogP contribution in [0.4, 0.5) is 0 Å². The maximum absolute atomic E-state index is 13.4. The van der Waals surface area contributed by atoms with E-state index in [2.05, 4.69) is 25.8 Å². The van der Waals surface area contributed by atoms with E-state index in [1.807, 2.05) is 24.3 Å². The lowest BCUT2D eigenvalue weighted by molar-refractivity contribution is -0.147. The van der Waals surface area contributed by atoms with Gasteiger partial charge in [-0.15, -0.1) is 0 Å². The van der Waals surface area contributed by atoms with E-state index in [1.165, 1.54) is 18.2 Å². The lowest BCUT2D eigenvalue weighted by Crippen LogP contribution is -2.25. The van der Waals surface area contributed by atoms with E-state index >= 15 is 0 Å². The van der Waals surface area contributed by atoms with Crippen molar-refractivity contribution in [3.05, 3.63) is 68.7 Å². The number of benzene rings is 2. The first-order valence-electron chi connectivity index (χ1n) is 11.1. The zero-order valence-corrected chi connectivity index (χ0v) is 20.2. The standard InChI is InChI=1S/C25H26BrN3O4/c1-16(25(31)32-2)33-20-11-8-17(9-12-20)15-27-29-23(18-6-4-3-5-7-18)28-22-13-10-19(26)14-21(22)24(29)30/h8-16,18H,3-7H2,1-2H3/t16-/m0/s1. The lowest BCUT2D eigenvalue weighted by Gasteiger charge is -2.22. The van der Waals surface area contributed by atoms with Crippen LogP contribution in [0.2, 0.25) is 0 Å². The van der Waals surface area contributed by atoms with Gasteiger partial charge >= 0.3 is 5.97 Å². The van der Waals surface area contributed by atoms with E-state index in [-0.39, 0.29) is 11.5 Å². The highest BCUT2D eigenvalue weighted by molar-refractivity contribution is 9.10. The molecule has 0 amide bonds. The molecule has 33 heavy (non-hydrogen) atoms. The van der Waals surface area contributed by atoms with E-state index in [0.29, 0.717) is 16.7 Å². The Hall–Kier alpha value is -3.00. The molecule has 8 heteroatoms. The summed E-state index contributed by atoms with van der Waals surface area (Å²) in [5, 5.41) is 5.08. The highest BCUT2D eigenvalue weighted by Crippen LogP contribution is 2.32. The van der Waals surface area contributed by atoms with Gasteiger partial charge in [0, 0.05) is 10.4 Å². The minimum absolute atomic E-state index is 0.176. The van der Waals surface area contributed by atoms with Gasteiger partial charge in [0.1, 0.15) is 11.6 Å². The van der Waals surface area contributed by atoms with Crippen molar-refractivity contribution < 1.29 is 14.3 Å². The molecule has 0 saturated heterocycles. The predicted molar refractivity (Wildman–Crippen MR) is 131 cm³/mol. The van der Waals surface area contributed by atoms with Crippen molar-refractivity contribution in [2.45, 2.75) is 51.0 Å².